The quantitative estimate of drug-likeness (QED) is 0.724. The molecule has 6 atom stereocenters. The molecular weight excluding hydrogens is 336 g/mol. The van der Waals surface area contributed by atoms with Crippen molar-refractivity contribution < 1.29 is 23.9 Å². The summed E-state index contributed by atoms with van der Waals surface area (Å²) in [6, 6.07) is 0. The van der Waals surface area contributed by atoms with Gasteiger partial charge in [-0.3, -0.25) is 14.4 Å². The lowest BCUT2D eigenvalue weighted by Gasteiger charge is -2.39. The van der Waals surface area contributed by atoms with Gasteiger partial charge >= 0.3 is 0 Å². The van der Waals surface area contributed by atoms with Crippen LogP contribution >= 0.6 is 0 Å². The molecular formula is C19H30N2O5. The zero-order valence-electron chi connectivity index (χ0n) is 16.1. The zero-order valence-corrected chi connectivity index (χ0v) is 16.1. The summed E-state index contributed by atoms with van der Waals surface area (Å²) in [6.45, 7) is 9.81. The molecule has 3 rings (SSSR count). The van der Waals surface area contributed by atoms with Gasteiger partial charge in [0.2, 0.25) is 11.8 Å². The number of nitrogens with zero attached hydrogens (tertiary/aromatic N) is 2. The molecule has 26 heavy (non-hydrogen) atoms. The third-order valence-corrected chi connectivity index (χ3v) is 5.48. The fourth-order valence-electron chi connectivity index (χ4n) is 4.56. The van der Waals surface area contributed by atoms with Crippen LogP contribution in [-0.2, 0) is 23.9 Å². The Balaban J connectivity index is 1.72. The predicted molar refractivity (Wildman–Crippen MR) is 94.4 cm³/mol. The number of amides is 2. The average molecular weight is 366 g/mol. The molecule has 146 valence electrons. The first-order chi connectivity index (χ1) is 12.2. The van der Waals surface area contributed by atoms with Crippen molar-refractivity contribution in [3.63, 3.8) is 0 Å². The zero-order chi connectivity index (χ0) is 19.0. The number of ketones is 1. The first-order valence-electron chi connectivity index (χ1n) is 9.64. The second-order valence-corrected chi connectivity index (χ2v) is 8.16. The van der Waals surface area contributed by atoms with E-state index in [2.05, 4.69) is 0 Å². The molecule has 2 heterocycles. The fraction of sp³-hybridized carbons (Fsp3) is 0.842. The first-order valence-corrected chi connectivity index (χ1v) is 9.64. The van der Waals surface area contributed by atoms with Gasteiger partial charge in [-0.15, -0.1) is 0 Å². The minimum absolute atomic E-state index is 0.00501. The van der Waals surface area contributed by atoms with Crippen LogP contribution in [-0.4, -0.2) is 78.0 Å². The van der Waals surface area contributed by atoms with E-state index in [9.17, 15) is 14.4 Å². The third kappa shape index (κ3) is 4.09. The standard InChI is InChI=1S/C19H30N2O5/c1-11-7-20(8-12(2)25-11)18(23)16-5-15(22)6-17(16)19(24)21-9-13(3)26-14(4)10-21/h11-14,16-17H,5-10H2,1-4H3/t11-,12+,13-,14+,16-,17+. The molecule has 1 saturated carbocycles. The summed E-state index contributed by atoms with van der Waals surface area (Å²) < 4.78 is 11.4. The van der Waals surface area contributed by atoms with E-state index in [0.29, 0.717) is 26.2 Å². The van der Waals surface area contributed by atoms with Crippen LogP contribution in [0.15, 0.2) is 0 Å². The van der Waals surface area contributed by atoms with Gasteiger partial charge in [-0.25, -0.2) is 0 Å². The molecule has 7 nitrogen and oxygen atoms in total. The number of Topliss-reactive ketones (excluding diaryl/α,β-unsaturated/α-hetero) is 1. The summed E-state index contributed by atoms with van der Waals surface area (Å²) in [5.41, 5.74) is 0. The highest BCUT2D eigenvalue weighted by Crippen LogP contribution is 2.34. The molecule has 1 aliphatic carbocycles. The second-order valence-electron chi connectivity index (χ2n) is 8.16. The van der Waals surface area contributed by atoms with Gasteiger partial charge in [0.1, 0.15) is 5.78 Å². The van der Waals surface area contributed by atoms with Crippen molar-refractivity contribution in [3.8, 4) is 0 Å². The lowest BCUT2D eigenvalue weighted by molar-refractivity contribution is -0.156. The van der Waals surface area contributed by atoms with E-state index in [0.717, 1.165) is 0 Å². The summed E-state index contributed by atoms with van der Waals surface area (Å²) in [5, 5.41) is 0. The van der Waals surface area contributed by atoms with E-state index in [4.69, 9.17) is 9.47 Å². The average Bonchev–Trinajstić information content (AvgIpc) is 2.93. The Labute approximate surface area is 155 Å². The molecule has 0 radical (unpaired) electrons. The molecule has 2 aliphatic heterocycles. The number of rotatable bonds is 2. The molecule has 0 bridgehead atoms. The maximum atomic E-state index is 13.1. The van der Waals surface area contributed by atoms with Crippen molar-refractivity contribution in [2.45, 2.75) is 65.0 Å². The van der Waals surface area contributed by atoms with Crippen molar-refractivity contribution >= 4 is 17.6 Å². The van der Waals surface area contributed by atoms with Crippen molar-refractivity contribution in [2.75, 3.05) is 26.2 Å². The number of carbonyl (C=O) groups excluding carboxylic acids is 3. The second kappa shape index (κ2) is 7.64. The molecule has 3 fully saturated rings. The monoisotopic (exact) mass is 366 g/mol. The van der Waals surface area contributed by atoms with Crippen molar-refractivity contribution in [1.29, 1.82) is 0 Å². The third-order valence-electron chi connectivity index (χ3n) is 5.48. The van der Waals surface area contributed by atoms with Crippen molar-refractivity contribution in [2.24, 2.45) is 11.8 Å². The normalized spacial score (nSPS) is 38.5. The van der Waals surface area contributed by atoms with Crippen LogP contribution in [0.4, 0.5) is 0 Å². The molecule has 0 aromatic carbocycles. The van der Waals surface area contributed by atoms with Gasteiger partial charge in [0.05, 0.1) is 36.3 Å². The lowest BCUT2D eigenvalue weighted by atomic mass is 9.92. The van der Waals surface area contributed by atoms with Crippen LogP contribution in [0, 0.1) is 11.8 Å². The molecule has 0 unspecified atom stereocenters. The Kier molecular flexibility index (Phi) is 5.67. The Hall–Kier alpha value is -1.47. The number of carbonyl (C=O) groups is 3. The van der Waals surface area contributed by atoms with Gasteiger partial charge in [-0.1, -0.05) is 0 Å². The summed E-state index contributed by atoms with van der Waals surface area (Å²) in [4.78, 5) is 41.8. The number of hydrogen-bond acceptors (Lipinski definition) is 5. The van der Waals surface area contributed by atoms with E-state index < -0.39 is 11.8 Å². The van der Waals surface area contributed by atoms with E-state index in [-0.39, 0.29) is 54.9 Å². The summed E-state index contributed by atoms with van der Waals surface area (Å²) in [6.07, 6.45) is 0.213. The number of morpholine rings is 2. The summed E-state index contributed by atoms with van der Waals surface area (Å²) >= 11 is 0. The Bertz CT molecular complexity index is 512. The van der Waals surface area contributed by atoms with Crippen LogP contribution < -0.4 is 0 Å². The molecule has 3 aliphatic rings. The highest BCUT2D eigenvalue weighted by molar-refractivity contribution is 5.98. The molecule has 0 aromatic heterocycles. The Morgan fingerprint density at radius 1 is 0.731 bits per heavy atom. The molecule has 2 saturated heterocycles. The topological polar surface area (TPSA) is 76.2 Å². The first kappa shape index (κ1) is 19.3. The minimum atomic E-state index is -0.541. The van der Waals surface area contributed by atoms with Gasteiger partial charge in [0.25, 0.3) is 0 Å². The lowest BCUT2D eigenvalue weighted by Crippen LogP contribution is -2.53. The highest BCUT2D eigenvalue weighted by Gasteiger charge is 2.46. The Morgan fingerprint density at radius 3 is 1.35 bits per heavy atom. The van der Waals surface area contributed by atoms with Crippen LogP contribution in [0.25, 0.3) is 0 Å². The maximum Gasteiger partial charge on any atom is 0.227 e. The van der Waals surface area contributed by atoms with Gasteiger partial charge in [0.15, 0.2) is 0 Å². The predicted octanol–water partition coefficient (Wildman–Crippen LogP) is 0.853. The smallest absolute Gasteiger partial charge is 0.227 e. The summed E-state index contributed by atoms with van der Waals surface area (Å²) in [5.74, 6) is -1.23. The molecule has 0 N–H and O–H groups in total. The van der Waals surface area contributed by atoms with Gasteiger partial charge in [-0.2, -0.15) is 0 Å². The van der Waals surface area contributed by atoms with Crippen molar-refractivity contribution in [1.82, 2.24) is 9.80 Å². The SMILES string of the molecule is C[C@@H]1CN(C(=O)[C@H]2CC(=O)C[C@H]2C(=O)N2C[C@@H](C)O[C@@H](C)C2)C[C@H](C)O1. The largest absolute Gasteiger partial charge is 0.372 e. The van der Waals surface area contributed by atoms with E-state index in [1.165, 1.54) is 0 Å². The van der Waals surface area contributed by atoms with Gasteiger partial charge in [0, 0.05) is 39.0 Å². The number of hydrogen-bond donors (Lipinski definition) is 0. The van der Waals surface area contributed by atoms with Crippen LogP contribution in [0.3, 0.4) is 0 Å². The minimum Gasteiger partial charge on any atom is -0.372 e. The number of ether oxygens (including phenoxy) is 2. The van der Waals surface area contributed by atoms with Crippen LogP contribution in [0.2, 0.25) is 0 Å². The van der Waals surface area contributed by atoms with E-state index >= 15 is 0 Å². The van der Waals surface area contributed by atoms with Gasteiger partial charge in [-0.05, 0) is 27.7 Å². The highest BCUT2D eigenvalue weighted by atomic mass is 16.5. The van der Waals surface area contributed by atoms with Crippen LogP contribution in [0.5, 0.6) is 0 Å². The van der Waals surface area contributed by atoms with E-state index in [1.807, 2.05) is 27.7 Å². The van der Waals surface area contributed by atoms with Crippen LogP contribution in [0.1, 0.15) is 40.5 Å². The fourth-order valence-corrected chi connectivity index (χ4v) is 4.56. The van der Waals surface area contributed by atoms with Gasteiger partial charge < -0.3 is 19.3 Å². The molecule has 7 heteroatoms. The molecule has 0 spiro atoms. The van der Waals surface area contributed by atoms with E-state index in [1.54, 1.807) is 9.80 Å². The van der Waals surface area contributed by atoms with Crippen molar-refractivity contribution in [3.05, 3.63) is 0 Å². The molecule has 0 aromatic rings. The molecule has 2 amide bonds. The summed E-state index contributed by atoms with van der Waals surface area (Å²) in [7, 11) is 0. The Morgan fingerprint density at radius 2 is 1.04 bits per heavy atom. The maximum absolute atomic E-state index is 13.1.